The van der Waals surface area contributed by atoms with Crippen molar-refractivity contribution in [3.63, 3.8) is 0 Å². The number of hydrogen-bond acceptors (Lipinski definition) is 9. The van der Waals surface area contributed by atoms with Crippen molar-refractivity contribution in [1.29, 1.82) is 0 Å². The third kappa shape index (κ3) is 34.0. The molecule has 0 heterocycles. The van der Waals surface area contributed by atoms with Crippen molar-refractivity contribution in [2.45, 2.75) is 64.9 Å². The number of unbranched alkanes of at least 4 members (excludes halogenated alkanes) is 5. The van der Waals surface area contributed by atoms with Crippen molar-refractivity contribution in [2.24, 2.45) is 0 Å². The Morgan fingerprint density at radius 2 is 1.25 bits per heavy atom. The molecule has 3 N–H and O–H groups in total. The number of esters is 2. The first kappa shape index (κ1) is 44.9. The molecule has 0 aromatic carbocycles. The second kappa shape index (κ2) is 31.5. The van der Waals surface area contributed by atoms with Crippen LogP contribution in [0.25, 0.3) is 0 Å². The SMILES string of the molecule is CC#CC#CC#CC#CC#CC#CC#CC(=O)OC[C@H](COP(=O)([O-])[O-])OC(=O)CCCCCCCC.N.[HH].[HH].[HH].[HH].[HH].[HH].[HH].[HH].[HH].[HH].[HH].[HH].[HH].[Na+].[Na+]. The molecule has 40 heavy (non-hydrogen) atoms. The van der Waals surface area contributed by atoms with E-state index in [0.29, 0.717) is 6.42 Å². The van der Waals surface area contributed by atoms with Crippen molar-refractivity contribution >= 4 is 19.8 Å². The van der Waals surface area contributed by atoms with Crippen LogP contribution in [-0.4, -0.2) is 31.3 Å². The van der Waals surface area contributed by atoms with Crippen LogP contribution in [0.15, 0.2) is 0 Å². The Morgan fingerprint density at radius 3 is 1.75 bits per heavy atom. The van der Waals surface area contributed by atoms with Gasteiger partial charge in [-0.05, 0) is 84.4 Å². The van der Waals surface area contributed by atoms with Gasteiger partial charge in [0, 0.05) is 30.9 Å². The second-order valence-electron chi connectivity index (χ2n) is 6.85. The summed E-state index contributed by atoms with van der Waals surface area (Å²) in [6.07, 6.45) is 4.53. The normalized spacial score (nSPS) is 8.70. The first-order valence-corrected chi connectivity index (χ1v) is 12.7. The van der Waals surface area contributed by atoms with Gasteiger partial charge >= 0.3 is 71.1 Å². The van der Waals surface area contributed by atoms with Gasteiger partial charge in [-0.3, -0.25) is 4.79 Å². The molecular formula is C28H54NNa2O8P. The molecule has 0 aliphatic rings. The molecule has 226 valence electrons. The van der Waals surface area contributed by atoms with E-state index in [4.69, 9.17) is 9.47 Å². The molecular weight excluding hydrogens is 555 g/mol. The van der Waals surface area contributed by atoms with Crippen LogP contribution < -0.4 is 75.1 Å². The van der Waals surface area contributed by atoms with E-state index in [1.807, 2.05) is 0 Å². The van der Waals surface area contributed by atoms with Gasteiger partial charge in [0.1, 0.15) is 6.61 Å². The van der Waals surface area contributed by atoms with E-state index in [-0.39, 0.29) is 90.2 Å². The summed E-state index contributed by atoms with van der Waals surface area (Å²) >= 11 is 0. The van der Waals surface area contributed by atoms with Crippen LogP contribution in [0.1, 0.15) is 77.3 Å². The fourth-order valence-corrected chi connectivity index (χ4v) is 2.60. The molecule has 0 saturated heterocycles. The van der Waals surface area contributed by atoms with E-state index in [2.05, 4.69) is 94.3 Å². The smallest absolute Gasteiger partial charge is 0.790 e. The molecule has 0 unspecified atom stereocenters. The number of phosphoric ester groups is 1. The van der Waals surface area contributed by atoms with Gasteiger partial charge < -0.3 is 34.5 Å². The van der Waals surface area contributed by atoms with Gasteiger partial charge in [0.15, 0.2) is 6.10 Å². The van der Waals surface area contributed by atoms with Gasteiger partial charge in [0.25, 0.3) is 0 Å². The van der Waals surface area contributed by atoms with Crippen molar-refractivity contribution < 1.29 is 116 Å². The molecule has 0 saturated carbocycles. The topological polar surface area (TPSA) is 160 Å². The minimum atomic E-state index is -5.31. The Morgan fingerprint density at radius 1 is 0.775 bits per heavy atom. The van der Waals surface area contributed by atoms with Crippen LogP contribution in [0.3, 0.4) is 0 Å². The number of carbonyl (C=O) groups excluding carboxylic acids is 2. The maximum absolute atomic E-state index is 12.0. The van der Waals surface area contributed by atoms with Crippen LogP contribution in [0.4, 0.5) is 0 Å². The zero-order valence-corrected chi connectivity index (χ0v) is 28.3. The Bertz CT molecular complexity index is 1300. The molecule has 1 atom stereocenters. The van der Waals surface area contributed by atoms with Crippen LogP contribution in [0.2, 0.25) is 0 Å². The third-order valence-electron chi connectivity index (χ3n) is 3.83. The summed E-state index contributed by atoms with van der Waals surface area (Å²) in [5.74, 6) is 31.9. The fraction of sp³-hybridized carbons (Fsp3) is 0.429. The van der Waals surface area contributed by atoms with E-state index < -0.39 is 39.1 Å². The van der Waals surface area contributed by atoms with Crippen LogP contribution in [0, 0.1) is 82.9 Å². The van der Waals surface area contributed by atoms with Gasteiger partial charge in [-0.15, -0.1) is 0 Å². The Labute approximate surface area is 301 Å². The molecule has 0 radical (unpaired) electrons. The Kier molecular flexibility index (Phi) is 35.3. The molecule has 0 aliphatic carbocycles. The minimum Gasteiger partial charge on any atom is -0.790 e. The van der Waals surface area contributed by atoms with Crippen molar-refractivity contribution in [2.75, 3.05) is 13.2 Å². The van der Waals surface area contributed by atoms with Gasteiger partial charge in [0.05, 0.1) is 14.4 Å². The number of carbonyl (C=O) groups is 2. The Balaban J connectivity index is -0.0000000540. The predicted molar refractivity (Wildman–Crippen MR) is 165 cm³/mol. The predicted octanol–water partition coefficient (Wildman–Crippen LogP) is -1.55. The largest absolute Gasteiger partial charge is 1.00 e. The van der Waals surface area contributed by atoms with E-state index in [9.17, 15) is 23.9 Å². The first-order valence-electron chi connectivity index (χ1n) is 11.2. The van der Waals surface area contributed by atoms with Crippen molar-refractivity contribution in [1.82, 2.24) is 6.15 Å². The summed E-state index contributed by atoms with van der Waals surface area (Å²) in [6, 6.07) is 0. The van der Waals surface area contributed by atoms with Crippen LogP contribution in [0.5, 0.6) is 0 Å². The van der Waals surface area contributed by atoms with E-state index >= 15 is 0 Å². The van der Waals surface area contributed by atoms with Crippen molar-refractivity contribution in [3.8, 4) is 82.9 Å². The summed E-state index contributed by atoms with van der Waals surface area (Å²) in [5.41, 5.74) is 0. The molecule has 0 aromatic rings. The number of phosphoric acid groups is 1. The summed E-state index contributed by atoms with van der Waals surface area (Å²) in [5, 5.41) is 0. The summed E-state index contributed by atoms with van der Waals surface area (Å²) in [7, 11) is -5.31. The average Bonchev–Trinajstić information content (AvgIpc) is 2.85. The standard InChI is InChI=1S/C28H27O8P.H3N.2Na.13H2/c1-3-5-7-9-11-12-13-14-15-16-17-19-20-22-27(29)34-24-26(25-35-37(31,32)33)36-28(30)23-21-18-10-8-6-4-2;;;;;;;;;;;;;;;;/h26H,4,6,8,10,18,21,23-25H2,1-2H3,(H2,31,32,33);1H3;;;13*1H/q;;2*+1;;;;;;;;;;;;;/p-2/t26-;;;;;;;;;;;;;;;;/m1................/s1. The summed E-state index contributed by atoms with van der Waals surface area (Å²) < 4.78 is 24.8. The number of ether oxygens (including phenoxy) is 2. The molecule has 0 aliphatic heterocycles. The molecule has 0 bridgehead atoms. The van der Waals surface area contributed by atoms with Crippen LogP contribution in [-0.2, 0) is 28.2 Å². The van der Waals surface area contributed by atoms with Gasteiger partial charge in [0.2, 0.25) is 0 Å². The summed E-state index contributed by atoms with van der Waals surface area (Å²) in [6.45, 7) is 2.41. The van der Waals surface area contributed by atoms with Crippen molar-refractivity contribution in [3.05, 3.63) is 0 Å². The quantitative estimate of drug-likeness (QED) is 0.0651. The maximum Gasteiger partial charge on any atom is 1.00 e. The van der Waals surface area contributed by atoms with Gasteiger partial charge in [-0.25, -0.2) is 4.79 Å². The van der Waals surface area contributed by atoms with E-state index in [1.165, 1.54) is 0 Å². The molecule has 9 nitrogen and oxygen atoms in total. The van der Waals surface area contributed by atoms with Crippen LogP contribution >= 0.6 is 7.82 Å². The van der Waals surface area contributed by atoms with Gasteiger partial charge in [-0.1, -0.05) is 44.9 Å². The number of rotatable bonds is 13. The zero-order valence-electron chi connectivity index (χ0n) is 23.4. The molecule has 12 heteroatoms. The molecule has 0 spiro atoms. The second-order valence-corrected chi connectivity index (χ2v) is 8.00. The molecule has 0 aromatic heterocycles. The summed E-state index contributed by atoms with van der Waals surface area (Å²) in [4.78, 5) is 45.2. The third-order valence-corrected chi connectivity index (χ3v) is 4.29. The van der Waals surface area contributed by atoms with E-state index in [1.54, 1.807) is 6.92 Å². The Hall–Kier alpha value is -2.07. The minimum absolute atomic E-state index is 0. The fourth-order valence-electron chi connectivity index (χ4n) is 2.25. The molecule has 0 rings (SSSR count). The average molecular weight is 610 g/mol. The number of hydrogen-bond donors (Lipinski definition) is 1. The zero-order chi connectivity index (χ0) is 27.6. The molecule has 0 fully saturated rings. The molecule has 0 amide bonds. The first-order chi connectivity index (χ1) is 17.8. The maximum atomic E-state index is 12.0. The monoisotopic (exact) mass is 609 g/mol. The van der Waals surface area contributed by atoms with Gasteiger partial charge in [-0.2, -0.15) is 0 Å². The van der Waals surface area contributed by atoms with E-state index in [0.717, 1.165) is 32.1 Å².